The number of phenols is 3. The zero-order valence-electron chi connectivity index (χ0n) is 72.5. The monoisotopic (exact) mass is 1780 g/mol. The first-order chi connectivity index (χ1) is 62.2. The summed E-state index contributed by atoms with van der Waals surface area (Å²) in [6.45, 7) is 28.9. The summed E-state index contributed by atoms with van der Waals surface area (Å²) in [6.07, 6.45) is 5.27. The van der Waals surface area contributed by atoms with Crippen LogP contribution in [0, 0.1) is 41.8 Å². The zero-order chi connectivity index (χ0) is 92.8. The lowest BCUT2D eigenvalue weighted by Gasteiger charge is -2.50. The van der Waals surface area contributed by atoms with Gasteiger partial charge in [0.05, 0.1) is 81.7 Å². The average Bonchev–Trinajstić information content (AvgIpc) is 0.722. The number of halogens is 7. The Balaban J connectivity index is 0.000000143. The molecule has 13 heterocycles. The SMILES string of the molecule is C=CC(=O)N1CC2C(=O)N(CCF)c3c(c4cc(F)c(-c5c(O)cccc5F)nc4n(-c4c(C)ccnc4C(C)C)c3=O)N2CC1C.C=CC(=O)N1CC2CNc3c(c4cc(F)c(-c5c(O)cccc5F)nc4n(-c4ccccc4C(C)C)c3=O)N2CC1C.C=CC(=O)N1CCN2c3c(c(=O)n(-c4ccccc4C(C)C)c4nc(-c5c(O)cccc5F)c(F)cc34)OCC2C1. The van der Waals surface area contributed by atoms with Crippen molar-refractivity contribution < 1.29 is 70.0 Å². The Hall–Kier alpha value is -14.7. The van der Waals surface area contributed by atoms with Crippen LogP contribution in [-0.2, 0) is 19.2 Å². The number of phenolic OH excluding ortho intramolecular Hbond substituents is 3. The van der Waals surface area contributed by atoms with Gasteiger partial charge in [0.1, 0.15) is 82.5 Å². The second-order valence-electron chi connectivity index (χ2n) is 33.7. The molecule has 670 valence electrons. The number of fused-ring (bicyclic) bond motifs is 15. The lowest BCUT2D eigenvalue weighted by Crippen LogP contribution is -2.66. The fourth-order valence-electron chi connectivity index (χ4n) is 18.6. The number of aromatic nitrogens is 7. The van der Waals surface area contributed by atoms with Crippen LogP contribution in [0.15, 0.2) is 186 Å². The van der Waals surface area contributed by atoms with E-state index in [0.29, 0.717) is 95.4 Å². The molecule has 3 fully saturated rings. The van der Waals surface area contributed by atoms with E-state index in [0.717, 1.165) is 46.4 Å². The molecule has 6 aliphatic rings. The standard InChI is InChI=1S/C34H33F3N6O4.C32H31F2N5O3.C31H28F2N4O4/c1-6-25(45)41-16-23-33(46)40(13-11-35)31-30(42(23)15-19(41)5)20-14-22(37)28(26-21(36)8-7-9-24(26)44)39-32(20)43(34(31)47)29-18(4)10-12-38-27(29)17(2)3;1-5-26(41)37-16-19-14-35-29-30(38(19)15-18(37)4)21-13-23(34)28(27-22(33)10-8-12-25(27)40)36-31(21)39(32(29)42)24-11-7-6-9-20(24)17(2)3;1-4-25(39)35-12-13-36-18(15-35)16-41-29-28(36)20-14-22(33)27(26-21(32)9-7-11-24(26)38)34-30(20)37(31(29)40)23-10-6-5-8-19(23)17(2)3/h6-10,12,14,17,19,23,44H,1,11,13,15-16H2,2-5H3;5-13,17-19,35,40H,1,14-16H2,2-4H3;4-11,14,17-18,38H,1,12-13,15-16H2,2-3H3. The van der Waals surface area contributed by atoms with Gasteiger partial charge in [-0.3, -0.25) is 52.2 Å². The molecule has 5 aromatic carbocycles. The molecule has 0 spiro atoms. The summed E-state index contributed by atoms with van der Waals surface area (Å²) in [7, 11) is 0. The minimum Gasteiger partial charge on any atom is -0.507 e. The number of hydrogen-bond acceptors (Lipinski definition) is 19. The van der Waals surface area contributed by atoms with Crippen LogP contribution in [0.4, 0.5) is 59.2 Å². The van der Waals surface area contributed by atoms with E-state index in [1.807, 2.05) is 88.6 Å². The van der Waals surface area contributed by atoms with Gasteiger partial charge in [-0.15, -0.1) is 0 Å². The molecule has 4 amide bonds. The van der Waals surface area contributed by atoms with E-state index in [9.17, 15) is 62.1 Å². The summed E-state index contributed by atoms with van der Waals surface area (Å²) in [5.41, 5.74) is 1.28. The molecular formula is C97H92F7N15O11. The summed E-state index contributed by atoms with van der Waals surface area (Å²) >= 11 is 0. The molecular weight excluding hydrogens is 1680 g/mol. The van der Waals surface area contributed by atoms with Crippen molar-refractivity contribution in [1.29, 1.82) is 0 Å². The number of benzene rings is 5. The van der Waals surface area contributed by atoms with E-state index in [1.165, 1.54) is 79.3 Å². The van der Waals surface area contributed by atoms with E-state index < -0.39 is 129 Å². The molecule has 18 rings (SSSR count). The first kappa shape index (κ1) is 88.8. The number of nitrogens with zero attached hydrogens (tertiary/aromatic N) is 14. The van der Waals surface area contributed by atoms with Crippen molar-refractivity contribution >= 4 is 85.2 Å². The largest absolute Gasteiger partial charge is 0.507 e. The number of amides is 4. The number of anilines is 5. The summed E-state index contributed by atoms with van der Waals surface area (Å²) in [5.74, 6) is -8.29. The van der Waals surface area contributed by atoms with E-state index >= 15 is 17.6 Å². The quantitative estimate of drug-likeness (QED) is 0.0581. The van der Waals surface area contributed by atoms with Crippen LogP contribution >= 0.6 is 0 Å². The number of hydrogen-bond donors (Lipinski definition) is 4. The summed E-state index contributed by atoms with van der Waals surface area (Å²) in [5, 5.41) is 35.5. The molecule has 5 atom stereocenters. The van der Waals surface area contributed by atoms with Gasteiger partial charge in [0.15, 0.2) is 34.4 Å². The highest BCUT2D eigenvalue weighted by atomic mass is 19.2. The Morgan fingerprint density at radius 2 is 0.985 bits per heavy atom. The summed E-state index contributed by atoms with van der Waals surface area (Å²) in [4.78, 5) is 125. The van der Waals surface area contributed by atoms with Crippen LogP contribution in [0.5, 0.6) is 23.0 Å². The van der Waals surface area contributed by atoms with Gasteiger partial charge in [0.2, 0.25) is 23.5 Å². The number of pyridine rings is 7. The highest BCUT2D eigenvalue weighted by Crippen LogP contribution is 2.49. The maximum absolute atomic E-state index is 16.2. The van der Waals surface area contributed by atoms with Gasteiger partial charge in [-0.2, -0.15) is 0 Å². The van der Waals surface area contributed by atoms with Gasteiger partial charge >= 0.3 is 5.56 Å². The minimum atomic E-state index is -1.03. The molecule has 4 N–H and O–H groups in total. The van der Waals surface area contributed by atoms with Gasteiger partial charge < -0.3 is 59.7 Å². The molecule has 26 nitrogen and oxygen atoms in total. The van der Waals surface area contributed by atoms with Crippen molar-refractivity contribution in [3.8, 4) is 73.8 Å². The van der Waals surface area contributed by atoms with Crippen LogP contribution < -0.4 is 46.3 Å². The Morgan fingerprint density at radius 3 is 1.48 bits per heavy atom. The minimum absolute atomic E-state index is 0.0282. The van der Waals surface area contributed by atoms with Crippen molar-refractivity contribution in [3.05, 3.63) is 260 Å². The van der Waals surface area contributed by atoms with E-state index in [1.54, 1.807) is 59.0 Å². The second kappa shape index (κ2) is 35.2. The molecule has 0 bridgehead atoms. The third-order valence-corrected chi connectivity index (χ3v) is 24.8. The first-order valence-electron chi connectivity index (χ1n) is 42.5. The molecule has 33 heteroatoms. The Bertz CT molecular complexity index is 6860. The van der Waals surface area contributed by atoms with E-state index in [-0.39, 0.29) is 118 Å². The molecule has 0 saturated carbocycles. The lowest BCUT2D eigenvalue weighted by molar-refractivity contribution is -0.131. The van der Waals surface area contributed by atoms with Crippen LogP contribution in [0.2, 0.25) is 0 Å². The van der Waals surface area contributed by atoms with Gasteiger partial charge in [-0.05, 0) is 146 Å². The number of carbonyl (C=O) groups is 4. The number of aromatic hydroxyl groups is 3. The number of alkyl halides is 1. The highest BCUT2D eigenvalue weighted by Gasteiger charge is 2.49. The van der Waals surface area contributed by atoms with E-state index in [2.05, 4.69) is 45.0 Å². The van der Waals surface area contributed by atoms with Gasteiger partial charge in [0.25, 0.3) is 17.0 Å². The van der Waals surface area contributed by atoms with Gasteiger partial charge in [-0.1, -0.05) is 116 Å². The predicted molar refractivity (Wildman–Crippen MR) is 483 cm³/mol. The third-order valence-electron chi connectivity index (χ3n) is 24.8. The van der Waals surface area contributed by atoms with Crippen LogP contribution in [0.3, 0.4) is 0 Å². The second-order valence-corrected chi connectivity index (χ2v) is 33.7. The van der Waals surface area contributed by atoms with Crippen molar-refractivity contribution in [2.24, 2.45) is 0 Å². The molecule has 0 aliphatic carbocycles. The topological polar surface area (TPSA) is 290 Å². The smallest absolute Gasteiger partial charge is 0.301 e. The number of para-hydroxylation sites is 2. The first-order valence-corrected chi connectivity index (χ1v) is 42.5. The molecule has 7 aromatic heterocycles. The van der Waals surface area contributed by atoms with Crippen molar-refractivity contribution in [1.82, 2.24) is 48.3 Å². The maximum Gasteiger partial charge on any atom is 0.301 e. The lowest BCUT2D eigenvalue weighted by atomic mass is 9.97. The normalized spacial score (nSPS) is 17.4. The number of nitrogens with one attached hydrogen (secondary N) is 1. The molecule has 0 radical (unpaired) electrons. The molecule has 3 saturated heterocycles. The van der Waals surface area contributed by atoms with Gasteiger partial charge in [0, 0.05) is 80.3 Å². The molecule has 130 heavy (non-hydrogen) atoms. The number of ether oxygens (including phenoxy) is 1. The van der Waals surface area contributed by atoms with Crippen LogP contribution in [0.25, 0.3) is 83.9 Å². The van der Waals surface area contributed by atoms with Gasteiger partial charge in [-0.25, -0.2) is 45.7 Å². The number of rotatable bonds is 14. The molecule has 5 unspecified atom stereocenters. The predicted octanol–water partition coefficient (Wildman–Crippen LogP) is 14.7. The Kier molecular flexibility index (Phi) is 24.0. The van der Waals surface area contributed by atoms with E-state index in [4.69, 9.17) is 4.74 Å². The number of piperazine rings is 3. The Morgan fingerprint density at radius 1 is 0.508 bits per heavy atom. The summed E-state index contributed by atoms with van der Waals surface area (Å²) in [6, 6.07) is 28.7. The summed E-state index contributed by atoms with van der Waals surface area (Å²) < 4.78 is 117. The maximum atomic E-state index is 16.2. The fourth-order valence-corrected chi connectivity index (χ4v) is 18.6. The van der Waals surface area contributed by atoms with Crippen molar-refractivity contribution in [3.63, 3.8) is 0 Å². The number of aryl methyl sites for hydroxylation is 1. The average molecular weight is 1780 g/mol. The molecule has 6 aliphatic heterocycles. The highest BCUT2D eigenvalue weighted by molar-refractivity contribution is 6.13. The van der Waals surface area contributed by atoms with Crippen molar-refractivity contribution in [2.45, 2.75) is 110 Å². The number of carbonyl (C=O) groups excluding carboxylic acids is 4. The zero-order valence-corrected chi connectivity index (χ0v) is 72.5. The van der Waals surface area contributed by atoms with Crippen LogP contribution in [-0.4, -0.2) is 190 Å². The van der Waals surface area contributed by atoms with Crippen molar-refractivity contribution in [2.75, 3.05) is 97.1 Å². The Labute approximate surface area is 741 Å². The molecule has 12 aromatic rings. The third kappa shape index (κ3) is 15.1. The fraction of sp³-hybridized carbons (Fsp3) is 0.289. The van der Waals surface area contributed by atoms with Crippen LogP contribution in [0.1, 0.15) is 95.5 Å².